The van der Waals surface area contributed by atoms with Gasteiger partial charge in [-0.3, -0.25) is 0 Å². The van der Waals surface area contributed by atoms with Crippen molar-refractivity contribution in [2.24, 2.45) is 0 Å². The van der Waals surface area contributed by atoms with E-state index in [2.05, 4.69) is 16.9 Å². The van der Waals surface area contributed by atoms with Gasteiger partial charge in [-0.15, -0.1) is 6.58 Å². The number of carbonyl (C=O) groups excluding carboxylic acids is 1. The number of pyridine rings is 1. The van der Waals surface area contributed by atoms with Crippen LogP contribution < -0.4 is 5.32 Å². The van der Waals surface area contributed by atoms with Crippen molar-refractivity contribution in [2.75, 3.05) is 11.9 Å². The molecule has 4 heteroatoms. The highest BCUT2D eigenvalue weighted by atomic mass is 16.5. The lowest BCUT2D eigenvalue weighted by atomic mass is 10.3. The molecule has 0 bridgehead atoms. The van der Waals surface area contributed by atoms with Gasteiger partial charge in [0.1, 0.15) is 5.82 Å². The van der Waals surface area contributed by atoms with Gasteiger partial charge in [-0.05, 0) is 32.4 Å². The zero-order valence-corrected chi connectivity index (χ0v) is 10.3. The fourth-order valence-corrected chi connectivity index (χ4v) is 1.23. The molecule has 4 nitrogen and oxygen atoms in total. The predicted molar refractivity (Wildman–Crippen MR) is 68.1 cm³/mol. The highest BCUT2D eigenvalue weighted by Crippen LogP contribution is 2.07. The summed E-state index contributed by atoms with van der Waals surface area (Å²) in [5.41, 5.74) is 0.319. The number of rotatable bonds is 6. The molecule has 0 aromatic carbocycles. The van der Waals surface area contributed by atoms with Crippen LogP contribution in [0.4, 0.5) is 5.82 Å². The first-order valence-corrected chi connectivity index (χ1v) is 5.65. The lowest BCUT2D eigenvalue weighted by Crippen LogP contribution is -2.13. The third-order valence-electron chi connectivity index (χ3n) is 1.95. The van der Waals surface area contributed by atoms with E-state index in [-0.39, 0.29) is 6.04 Å². The van der Waals surface area contributed by atoms with Crippen LogP contribution in [-0.4, -0.2) is 23.6 Å². The van der Waals surface area contributed by atoms with Crippen molar-refractivity contribution in [3.8, 4) is 0 Å². The van der Waals surface area contributed by atoms with Crippen molar-refractivity contribution in [1.82, 2.24) is 4.98 Å². The summed E-state index contributed by atoms with van der Waals surface area (Å²) in [5, 5.41) is 3.13. The molecule has 0 atom stereocenters. The smallest absolute Gasteiger partial charge is 0.357 e. The van der Waals surface area contributed by atoms with E-state index >= 15 is 0 Å². The minimum Gasteiger partial charge on any atom is -0.461 e. The van der Waals surface area contributed by atoms with E-state index in [1.807, 2.05) is 19.9 Å². The van der Waals surface area contributed by atoms with E-state index in [0.717, 1.165) is 0 Å². The number of hydrogen-bond donors (Lipinski definition) is 1. The number of ether oxygens (including phenoxy) is 1. The first kappa shape index (κ1) is 13.2. The Morgan fingerprint density at radius 2 is 2.35 bits per heavy atom. The summed E-state index contributed by atoms with van der Waals surface area (Å²) in [6.45, 7) is 7.92. The van der Waals surface area contributed by atoms with Gasteiger partial charge in [-0.25, -0.2) is 9.78 Å². The second-order valence-electron chi connectivity index (χ2n) is 3.92. The Bertz CT molecular complexity index is 389. The Hall–Kier alpha value is -1.84. The fourth-order valence-electron chi connectivity index (χ4n) is 1.23. The largest absolute Gasteiger partial charge is 0.461 e. The maximum atomic E-state index is 11.6. The third-order valence-corrected chi connectivity index (χ3v) is 1.95. The van der Waals surface area contributed by atoms with Gasteiger partial charge in [-0.2, -0.15) is 0 Å². The molecule has 1 heterocycles. The van der Waals surface area contributed by atoms with E-state index in [9.17, 15) is 4.79 Å². The molecule has 0 aliphatic carbocycles. The molecule has 1 N–H and O–H groups in total. The standard InChI is InChI=1S/C13H18N2O2/c1-4-5-9-17-13(16)11-7-6-8-12(15-11)14-10(2)3/h4,6-8,10H,1,5,9H2,2-3H3,(H,14,15). The van der Waals surface area contributed by atoms with Crippen LogP contribution >= 0.6 is 0 Å². The molecule has 0 amide bonds. The van der Waals surface area contributed by atoms with Crippen LogP contribution in [0.5, 0.6) is 0 Å². The molecule has 0 spiro atoms. The maximum absolute atomic E-state index is 11.6. The van der Waals surface area contributed by atoms with Crippen LogP contribution in [-0.2, 0) is 4.74 Å². The van der Waals surface area contributed by atoms with Crippen LogP contribution in [0.15, 0.2) is 30.9 Å². The Kier molecular flexibility index (Phi) is 5.20. The van der Waals surface area contributed by atoms with Crippen molar-refractivity contribution in [1.29, 1.82) is 0 Å². The molecule has 1 rings (SSSR count). The topological polar surface area (TPSA) is 51.2 Å². The first-order chi connectivity index (χ1) is 8.13. The van der Waals surface area contributed by atoms with E-state index in [1.54, 1.807) is 18.2 Å². The third kappa shape index (κ3) is 4.68. The van der Waals surface area contributed by atoms with Crippen molar-refractivity contribution in [2.45, 2.75) is 26.3 Å². The average molecular weight is 234 g/mol. The number of carbonyl (C=O) groups is 1. The monoisotopic (exact) mass is 234 g/mol. The highest BCUT2D eigenvalue weighted by molar-refractivity contribution is 5.87. The Labute approximate surface area is 102 Å². The molecule has 0 saturated heterocycles. The molecule has 92 valence electrons. The number of hydrogen-bond acceptors (Lipinski definition) is 4. The van der Waals surface area contributed by atoms with Crippen molar-refractivity contribution in [3.05, 3.63) is 36.5 Å². The maximum Gasteiger partial charge on any atom is 0.357 e. The van der Waals surface area contributed by atoms with Crippen LogP contribution in [0, 0.1) is 0 Å². The van der Waals surface area contributed by atoms with Gasteiger partial charge in [0.2, 0.25) is 0 Å². The molecular weight excluding hydrogens is 216 g/mol. The zero-order chi connectivity index (χ0) is 12.7. The number of nitrogens with one attached hydrogen (secondary N) is 1. The SMILES string of the molecule is C=CCCOC(=O)c1cccc(NC(C)C)n1. The summed E-state index contributed by atoms with van der Waals surface area (Å²) in [4.78, 5) is 15.8. The van der Waals surface area contributed by atoms with Crippen molar-refractivity contribution >= 4 is 11.8 Å². The molecule has 0 aliphatic heterocycles. The highest BCUT2D eigenvalue weighted by Gasteiger charge is 2.09. The molecule has 0 unspecified atom stereocenters. The van der Waals surface area contributed by atoms with E-state index < -0.39 is 5.97 Å². The lowest BCUT2D eigenvalue weighted by Gasteiger charge is -2.09. The Balaban J connectivity index is 2.63. The van der Waals surface area contributed by atoms with E-state index in [4.69, 9.17) is 4.74 Å². The second kappa shape index (κ2) is 6.68. The molecule has 1 aromatic rings. The number of aromatic nitrogens is 1. The number of nitrogens with zero attached hydrogens (tertiary/aromatic N) is 1. The quantitative estimate of drug-likeness (QED) is 0.467. The van der Waals surface area contributed by atoms with Crippen LogP contribution in [0.3, 0.4) is 0 Å². The molecule has 0 fully saturated rings. The zero-order valence-electron chi connectivity index (χ0n) is 10.3. The summed E-state index contributed by atoms with van der Waals surface area (Å²) in [7, 11) is 0. The molecule has 1 aromatic heterocycles. The number of esters is 1. The average Bonchev–Trinajstić information content (AvgIpc) is 2.28. The van der Waals surface area contributed by atoms with Crippen LogP contribution in [0.25, 0.3) is 0 Å². The molecular formula is C13H18N2O2. The second-order valence-corrected chi connectivity index (χ2v) is 3.92. The summed E-state index contributed by atoms with van der Waals surface area (Å²) in [5.74, 6) is 0.275. The summed E-state index contributed by atoms with van der Waals surface area (Å²) in [6, 6.07) is 5.51. The van der Waals surface area contributed by atoms with Crippen molar-refractivity contribution in [3.63, 3.8) is 0 Å². The molecule has 17 heavy (non-hydrogen) atoms. The first-order valence-electron chi connectivity index (χ1n) is 5.65. The van der Waals surface area contributed by atoms with Gasteiger partial charge in [0.15, 0.2) is 5.69 Å². The molecule has 0 radical (unpaired) electrons. The van der Waals surface area contributed by atoms with Crippen LogP contribution in [0.1, 0.15) is 30.8 Å². The van der Waals surface area contributed by atoms with Crippen molar-refractivity contribution < 1.29 is 9.53 Å². The normalized spacial score (nSPS) is 10.1. The van der Waals surface area contributed by atoms with E-state index in [0.29, 0.717) is 24.5 Å². The summed E-state index contributed by atoms with van der Waals surface area (Å²) in [6.07, 6.45) is 2.35. The Morgan fingerprint density at radius 3 is 3.00 bits per heavy atom. The predicted octanol–water partition coefficient (Wildman–Crippen LogP) is 2.63. The minimum absolute atomic E-state index is 0.273. The van der Waals surface area contributed by atoms with Gasteiger partial charge in [-0.1, -0.05) is 12.1 Å². The fraction of sp³-hybridized carbons (Fsp3) is 0.385. The summed E-state index contributed by atoms with van der Waals surface area (Å²) >= 11 is 0. The molecule has 0 aliphatic rings. The van der Waals surface area contributed by atoms with Gasteiger partial charge in [0.25, 0.3) is 0 Å². The summed E-state index contributed by atoms with van der Waals surface area (Å²) < 4.78 is 5.03. The van der Waals surface area contributed by atoms with Gasteiger partial charge < -0.3 is 10.1 Å². The number of anilines is 1. The van der Waals surface area contributed by atoms with E-state index in [1.165, 1.54) is 0 Å². The molecule has 0 saturated carbocycles. The van der Waals surface area contributed by atoms with Gasteiger partial charge in [0.05, 0.1) is 6.61 Å². The minimum atomic E-state index is -0.403. The van der Waals surface area contributed by atoms with Crippen LogP contribution in [0.2, 0.25) is 0 Å². The lowest BCUT2D eigenvalue weighted by molar-refractivity contribution is 0.0505. The van der Waals surface area contributed by atoms with Gasteiger partial charge in [0, 0.05) is 6.04 Å². The Morgan fingerprint density at radius 1 is 1.59 bits per heavy atom. The van der Waals surface area contributed by atoms with Gasteiger partial charge >= 0.3 is 5.97 Å².